The monoisotopic (exact) mass is 475 g/mol. The molecule has 2 heterocycles. The van der Waals surface area contributed by atoms with Crippen molar-refractivity contribution < 1.29 is 4.79 Å². The molecule has 0 aliphatic carbocycles. The van der Waals surface area contributed by atoms with Gasteiger partial charge in [-0.1, -0.05) is 73.3 Å². The van der Waals surface area contributed by atoms with E-state index in [4.69, 9.17) is 4.98 Å². The van der Waals surface area contributed by atoms with Crippen LogP contribution in [0.15, 0.2) is 77.8 Å². The number of hydrogen-bond acceptors (Lipinski definition) is 6. The largest absolute Gasteiger partial charge is 0.298 e. The molecule has 0 bridgehead atoms. The van der Waals surface area contributed by atoms with Gasteiger partial charge in [-0.2, -0.15) is 0 Å². The summed E-state index contributed by atoms with van der Waals surface area (Å²) in [5, 5.41) is 12.3. The van der Waals surface area contributed by atoms with Crippen LogP contribution in [0, 0.1) is 0 Å². The van der Waals surface area contributed by atoms with Gasteiger partial charge in [0.1, 0.15) is 0 Å². The second kappa shape index (κ2) is 10.6. The third kappa shape index (κ3) is 5.07. The summed E-state index contributed by atoms with van der Waals surface area (Å²) in [6.45, 7) is 8.16. The summed E-state index contributed by atoms with van der Waals surface area (Å²) in [7, 11) is 0. The zero-order chi connectivity index (χ0) is 23.2. The molecule has 33 heavy (non-hydrogen) atoms. The first-order valence-electron chi connectivity index (χ1n) is 10.7. The molecular weight excluding hydrogens is 450 g/mol. The molecule has 0 atom stereocenters. The van der Waals surface area contributed by atoms with Gasteiger partial charge in [-0.05, 0) is 18.1 Å². The molecule has 2 aromatic carbocycles. The molecule has 1 amide bonds. The second-order valence-corrected chi connectivity index (χ2v) is 9.10. The van der Waals surface area contributed by atoms with E-state index in [0.29, 0.717) is 17.4 Å². The Morgan fingerprint density at radius 1 is 1.15 bits per heavy atom. The predicted molar refractivity (Wildman–Crippen MR) is 136 cm³/mol. The molecule has 168 valence electrons. The van der Waals surface area contributed by atoms with Crippen LogP contribution in [0.1, 0.15) is 25.1 Å². The molecule has 8 heteroatoms. The van der Waals surface area contributed by atoms with Crippen molar-refractivity contribution in [3.63, 3.8) is 0 Å². The Hall–Kier alpha value is -3.23. The lowest BCUT2D eigenvalue weighted by atomic mass is 10.1. The number of thioether (sulfide) groups is 1. The van der Waals surface area contributed by atoms with Gasteiger partial charge in [-0.15, -0.1) is 28.1 Å². The smallest absolute Gasteiger partial charge is 0.230 e. The number of benzene rings is 2. The van der Waals surface area contributed by atoms with Crippen LogP contribution in [0.25, 0.3) is 11.4 Å². The molecule has 0 radical (unpaired) electrons. The fraction of sp³-hybridized carbons (Fsp3) is 0.200. The Morgan fingerprint density at radius 2 is 1.91 bits per heavy atom. The predicted octanol–water partition coefficient (Wildman–Crippen LogP) is 6.13. The summed E-state index contributed by atoms with van der Waals surface area (Å²) in [5.41, 5.74) is 3.92. The van der Waals surface area contributed by atoms with Crippen LogP contribution in [0.5, 0.6) is 0 Å². The van der Waals surface area contributed by atoms with Crippen LogP contribution in [0.2, 0.25) is 0 Å². The van der Waals surface area contributed by atoms with Crippen molar-refractivity contribution in [2.75, 3.05) is 4.90 Å². The molecule has 0 N–H and O–H groups in total. The van der Waals surface area contributed by atoms with E-state index in [1.165, 1.54) is 11.3 Å². The maximum absolute atomic E-state index is 12.5. The first-order valence-corrected chi connectivity index (χ1v) is 12.5. The van der Waals surface area contributed by atoms with Crippen molar-refractivity contribution in [3.8, 4) is 11.4 Å². The minimum atomic E-state index is -0.0531. The van der Waals surface area contributed by atoms with Crippen LogP contribution in [-0.4, -0.2) is 25.7 Å². The van der Waals surface area contributed by atoms with Crippen molar-refractivity contribution >= 4 is 39.8 Å². The summed E-state index contributed by atoms with van der Waals surface area (Å²) in [5.74, 6) is 1.39. The first-order chi connectivity index (χ1) is 16.1. The van der Waals surface area contributed by atoms with Gasteiger partial charge in [0.05, 0.1) is 11.4 Å². The Bertz CT molecular complexity index is 1250. The van der Waals surface area contributed by atoms with Crippen molar-refractivity contribution in [1.82, 2.24) is 19.7 Å². The molecule has 0 fully saturated rings. The number of rotatable bonds is 9. The molecular formula is C25H25N5OS2. The van der Waals surface area contributed by atoms with Crippen LogP contribution in [0.3, 0.4) is 0 Å². The van der Waals surface area contributed by atoms with Gasteiger partial charge in [0.2, 0.25) is 5.91 Å². The lowest BCUT2D eigenvalue weighted by Gasteiger charge is -2.20. The Morgan fingerprint density at radius 3 is 2.64 bits per heavy atom. The highest BCUT2D eigenvalue weighted by Gasteiger charge is 2.21. The maximum Gasteiger partial charge on any atom is 0.230 e. The zero-order valence-corrected chi connectivity index (χ0v) is 20.3. The number of carbonyl (C=O) groups excluding carboxylic acids is 1. The van der Waals surface area contributed by atoms with Gasteiger partial charge in [-0.3, -0.25) is 14.3 Å². The molecule has 0 saturated carbocycles. The van der Waals surface area contributed by atoms with E-state index in [0.717, 1.165) is 39.9 Å². The number of allylic oxidation sites excluding steroid dienone is 1. The SMILES string of the molecule is C=CCn1c(SCc2csc(N(C(C)=O)c3ccccc3CC)n2)nnc1-c1ccccc1. The van der Waals surface area contributed by atoms with E-state index < -0.39 is 0 Å². The topological polar surface area (TPSA) is 63.9 Å². The molecule has 4 aromatic rings. The summed E-state index contributed by atoms with van der Waals surface area (Å²) >= 11 is 3.05. The average Bonchev–Trinajstić information content (AvgIpc) is 3.46. The lowest BCUT2D eigenvalue weighted by Crippen LogP contribution is -2.23. The number of amides is 1. The number of anilines is 2. The van der Waals surface area contributed by atoms with E-state index in [2.05, 4.69) is 28.3 Å². The quantitative estimate of drug-likeness (QED) is 0.215. The number of aromatic nitrogens is 4. The third-order valence-electron chi connectivity index (χ3n) is 5.07. The van der Waals surface area contributed by atoms with E-state index in [-0.39, 0.29) is 5.91 Å². The minimum Gasteiger partial charge on any atom is -0.298 e. The van der Waals surface area contributed by atoms with Gasteiger partial charge in [0.25, 0.3) is 0 Å². The highest BCUT2D eigenvalue weighted by Crippen LogP contribution is 2.33. The molecule has 0 unspecified atom stereocenters. The first kappa shape index (κ1) is 22.9. The normalized spacial score (nSPS) is 10.8. The van der Waals surface area contributed by atoms with Gasteiger partial charge in [0.15, 0.2) is 16.1 Å². The fourth-order valence-corrected chi connectivity index (χ4v) is 5.35. The standard InChI is InChI=1S/C25H25N5OS2/c1-4-15-29-23(20-12-7-6-8-13-20)27-28-25(29)33-17-21-16-32-24(26-21)30(18(3)31)22-14-10-9-11-19(22)5-2/h4,6-14,16H,1,5,15,17H2,2-3H3. The fourth-order valence-electron chi connectivity index (χ4n) is 3.53. The second-order valence-electron chi connectivity index (χ2n) is 7.32. The maximum atomic E-state index is 12.5. The lowest BCUT2D eigenvalue weighted by molar-refractivity contribution is -0.115. The van der Waals surface area contributed by atoms with Crippen molar-refractivity contribution in [2.45, 2.75) is 37.7 Å². The highest BCUT2D eigenvalue weighted by molar-refractivity contribution is 7.98. The number of aryl methyl sites for hydroxylation is 1. The third-order valence-corrected chi connectivity index (χ3v) is 6.94. The van der Waals surface area contributed by atoms with Crippen LogP contribution in [-0.2, 0) is 23.5 Å². The molecule has 4 rings (SSSR count). The summed E-state index contributed by atoms with van der Waals surface area (Å²) < 4.78 is 2.06. The van der Waals surface area contributed by atoms with Crippen LogP contribution in [0.4, 0.5) is 10.8 Å². The number of carbonyl (C=O) groups is 1. The highest BCUT2D eigenvalue weighted by atomic mass is 32.2. The molecule has 6 nitrogen and oxygen atoms in total. The Labute approximate surface area is 202 Å². The van der Waals surface area contributed by atoms with E-state index in [1.807, 2.05) is 66.1 Å². The Balaban J connectivity index is 1.55. The van der Waals surface area contributed by atoms with Gasteiger partial charge < -0.3 is 0 Å². The number of hydrogen-bond donors (Lipinski definition) is 0. The zero-order valence-electron chi connectivity index (χ0n) is 18.6. The van der Waals surface area contributed by atoms with Crippen molar-refractivity contribution in [1.29, 1.82) is 0 Å². The van der Waals surface area contributed by atoms with E-state index in [9.17, 15) is 4.79 Å². The number of para-hydroxylation sites is 1. The van der Waals surface area contributed by atoms with E-state index in [1.54, 1.807) is 23.6 Å². The van der Waals surface area contributed by atoms with Crippen LogP contribution >= 0.6 is 23.1 Å². The van der Waals surface area contributed by atoms with Gasteiger partial charge >= 0.3 is 0 Å². The molecule has 0 spiro atoms. The van der Waals surface area contributed by atoms with Crippen molar-refractivity contribution in [2.24, 2.45) is 0 Å². The number of thiazole rings is 1. The van der Waals surface area contributed by atoms with Crippen LogP contribution < -0.4 is 4.90 Å². The summed E-state index contributed by atoms with van der Waals surface area (Å²) in [6, 6.07) is 18.0. The summed E-state index contributed by atoms with van der Waals surface area (Å²) in [4.78, 5) is 19.0. The van der Waals surface area contributed by atoms with Gasteiger partial charge in [-0.25, -0.2) is 4.98 Å². The summed E-state index contributed by atoms with van der Waals surface area (Å²) in [6.07, 6.45) is 2.69. The van der Waals surface area contributed by atoms with E-state index >= 15 is 0 Å². The van der Waals surface area contributed by atoms with Gasteiger partial charge in [0, 0.05) is 30.2 Å². The Kier molecular flexibility index (Phi) is 7.36. The molecule has 2 aromatic heterocycles. The van der Waals surface area contributed by atoms with Crippen molar-refractivity contribution in [3.05, 3.63) is 83.9 Å². The average molecular weight is 476 g/mol. The molecule has 0 aliphatic heterocycles. The molecule has 0 aliphatic rings. The molecule has 0 saturated heterocycles. The number of nitrogens with zero attached hydrogens (tertiary/aromatic N) is 5. The minimum absolute atomic E-state index is 0.0531.